The predicted molar refractivity (Wildman–Crippen MR) is 83.6 cm³/mol. The fourth-order valence-corrected chi connectivity index (χ4v) is 2.06. The summed E-state index contributed by atoms with van der Waals surface area (Å²) in [5, 5.41) is 3.40. The Bertz CT molecular complexity index is 558. The fourth-order valence-electron chi connectivity index (χ4n) is 2.06. The van der Waals surface area contributed by atoms with E-state index in [9.17, 15) is 0 Å². The number of hydrogen-bond acceptors (Lipinski definition) is 4. The van der Waals surface area contributed by atoms with Gasteiger partial charge < -0.3 is 14.8 Å². The normalized spacial score (nSPS) is 10.4. The first-order valence-electron chi connectivity index (χ1n) is 7.24. The molecule has 1 N–H and O–H groups in total. The van der Waals surface area contributed by atoms with Crippen LogP contribution in [0.2, 0.25) is 0 Å². The maximum absolute atomic E-state index is 5.94. The van der Waals surface area contributed by atoms with Crippen LogP contribution >= 0.6 is 0 Å². The molecule has 0 radical (unpaired) electrons. The molecular formula is C17H22N2O2. The van der Waals surface area contributed by atoms with Crippen LogP contribution < -0.4 is 14.8 Å². The molecular weight excluding hydrogens is 264 g/mol. The van der Waals surface area contributed by atoms with Gasteiger partial charge in [0, 0.05) is 18.3 Å². The minimum atomic E-state index is 0.446. The summed E-state index contributed by atoms with van der Waals surface area (Å²) in [6.45, 7) is 4.42. The molecule has 0 unspecified atom stereocenters. The van der Waals surface area contributed by atoms with Crippen molar-refractivity contribution in [1.82, 2.24) is 10.3 Å². The Morgan fingerprint density at radius 1 is 1.10 bits per heavy atom. The Morgan fingerprint density at radius 2 is 1.90 bits per heavy atom. The van der Waals surface area contributed by atoms with Crippen molar-refractivity contribution in [3.8, 4) is 11.6 Å². The second-order valence-corrected chi connectivity index (χ2v) is 4.74. The van der Waals surface area contributed by atoms with E-state index in [-0.39, 0.29) is 0 Å². The van der Waals surface area contributed by atoms with Gasteiger partial charge in [-0.1, -0.05) is 25.1 Å². The Labute approximate surface area is 126 Å². The van der Waals surface area contributed by atoms with Crippen molar-refractivity contribution in [3.05, 3.63) is 53.7 Å². The van der Waals surface area contributed by atoms with Crippen molar-refractivity contribution in [2.24, 2.45) is 0 Å². The number of ether oxygens (including phenoxy) is 2. The third-order valence-corrected chi connectivity index (χ3v) is 3.14. The van der Waals surface area contributed by atoms with Gasteiger partial charge in [0.05, 0.1) is 12.7 Å². The number of benzene rings is 1. The van der Waals surface area contributed by atoms with Gasteiger partial charge in [-0.05, 0) is 31.2 Å². The topological polar surface area (TPSA) is 43.4 Å². The van der Waals surface area contributed by atoms with Gasteiger partial charge in [-0.15, -0.1) is 0 Å². The number of methoxy groups -OCH3 is 1. The third kappa shape index (κ3) is 4.46. The summed E-state index contributed by atoms with van der Waals surface area (Å²) < 4.78 is 11.2. The molecule has 4 nitrogen and oxygen atoms in total. The van der Waals surface area contributed by atoms with Gasteiger partial charge in [0.25, 0.3) is 0 Å². The second kappa shape index (κ2) is 8.27. The molecule has 0 saturated heterocycles. The highest BCUT2D eigenvalue weighted by molar-refractivity contribution is 5.34. The zero-order valence-electron chi connectivity index (χ0n) is 12.6. The van der Waals surface area contributed by atoms with Crippen molar-refractivity contribution in [2.75, 3.05) is 13.7 Å². The molecule has 0 saturated carbocycles. The molecule has 1 aromatic heterocycles. The molecule has 1 aromatic carbocycles. The van der Waals surface area contributed by atoms with Crippen molar-refractivity contribution in [3.63, 3.8) is 0 Å². The van der Waals surface area contributed by atoms with Crippen LogP contribution in [0.15, 0.2) is 42.6 Å². The standard InChI is InChI=1S/C17H22N2O2/c1-3-10-18-12-14-7-4-5-9-16(14)21-13-15-8-6-11-19-17(15)20-2/h4-9,11,18H,3,10,12-13H2,1-2H3. The van der Waals surface area contributed by atoms with Crippen LogP contribution in [0.1, 0.15) is 24.5 Å². The van der Waals surface area contributed by atoms with E-state index in [4.69, 9.17) is 9.47 Å². The van der Waals surface area contributed by atoms with Crippen LogP contribution in [0.3, 0.4) is 0 Å². The predicted octanol–water partition coefficient (Wildman–Crippen LogP) is 3.17. The zero-order chi connectivity index (χ0) is 14.9. The highest BCUT2D eigenvalue weighted by Gasteiger charge is 2.06. The summed E-state index contributed by atoms with van der Waals surface area (Å²) in [6.07, 6.45) is 2.83. The maximum atomic E-state index is 5.94. The average Bonchev–Trinajstić information content (AvgIpc) is 2.54. The highest BCUT2D eigenvalue weighted by atomic mass is 16.5. The van der Waals surface area contributed by atoms with Gasteiger partial charge in [0.2, 0.25) is 5.88 Å². The van der Waals surface area contributed by atoms with Crippen LogP contribution in [0.25, 0.3) is 0 Å². The number of nitrogens with one attached hydrogen (secondary N) is 1. The van der Waals surface area contributed by atoms with Crippen molar-refractivity contribution < 1.29 is 9.47 Å². The van der Waals surface area contributed by atoms with E-state index >= 15 is 0 Å². The first-order chi connectivity index (χ1) is 10.3. The monoisotopic (exact) mass is 286 g/mol. The number of para-hydroxylation sites is 1. The summed E-state index contributed by atoms with van der Waals surface area (Å²) in [5.74, 6) is 1.51. The van der Waals surface area contributed by atoms with Crippen LogP contribution in [-0.2, 0) is 13.2 Å². The summed E-state index contributed by atoms with van der Waals surface area (Å²) in [4.78, 5) is 4.18. The Kier molecular flexibility index (Phi) is 6.03. The average molecular weight is 286 g/mol. The van der Waals surface area contributed by atoms with Crippen LogP contribution in [0, 0.1) is 0 Å². The molecule has 0 spiro atoms. The van der Waals surface area contributed by atoms with Gasteiger partial charge in [0.15, 0.2) is 0 Å². The number of rotatable bonds is 8. The first kappa shape index (κ1) is 15.3. The molecule has 2 aromatic rings. The molecule has 0 atom stereocenters. The smallest absolute Gasteiger partial charge is 0.219 e. The van der Waals surface area contributed by atoms with Gasteiger partial charge in [-0.25, -0.2) is 4.98 Å². The van der Waals surface area contributed by atoms with Gasteiger partial charge in [-0.2, -0.15) is 0 Å². The minimum Gasteiger partial charge on any atom is -0.488 e. The number of pyridine rings is 1. The molecule has 21 heavy (non-hydrogen) atoms. The SMILES string of the molecule is CCCNCc1ccccc1OCc1cccnc1OC. The third-order valence-electron chi connectivity index (χ3n) is 3.14. The highest BCUT2D eigenvalue weighted by Crippen LogP contribution is 2.21. The van der Waals surface area contributed by atoms with Crippen molar-refractivity contribution >= 4 is 0 Å². The molecule has 0 aliphatic rings. The largest absolute Gasteiger partial charge is 0.488 e. The van der Waals surface area contributed by atoms with E-state index in [1.54, 1.807) is 13.3 Å². The molecule has 0 bridgehead atoms. The molecule has 1 heterocycles. The number of aromatic nitrogens is 1. The van der Waals surface area contributed by atoms with E-state index in [0.717, 1.165) is 36.4 Å². The van der Waals surface area contributed by atoms with E-state index < -0.39 is 0 Å². The Hall–Kier alpha value is -2.07. The van der Waals surface area contributed by atoms with E-state index in [2.05, 4.69) is 23.3 Å². The molecule has 0 aliphatic carbocycles. The first-order valence-corrected chi connectivity index (χ1v) is 7.24. The lowest BCUT2D eigenvalue weighted by molar-refractivity contribution is 0.290. The van der Waals surface area contributed by atoms with Crippen LogP contribution in [-0.4, -0.2) is 18.6 Å². The Morgan fingerprint density at radius 3 is 2.71 bits per heavy atom. The lowest BCUT2D eigenvalue weighted by atomic mass is 10.2. The zero-order valence-corrected chi connectivity index (χ0v) is 12.6. The van der Waals surface area contributed by atoms with E-state index in [0.29, 0.717) is 12.5 Å². The minimum absolute atomic E-state index is 0.446. The molecule has 2 rings (SSSR count). The molecule has 0 fully saturated rings. The molecule has 0 amide bonds. The quantitative estimate of drug-likeness (QED) is 0.757. The lowest BCUT2D eigenvalue weighted by Crippen LogP contribution is -2.14. The van der Waals surface area contributed by atoms with Gasteiger partial charge >= 0.3 is 0 Å². The van der Waals surface area contributed by atoms with Crippen LogP contribution in [0.4, 0.5) is 0 Å². The maximum Gasteiger partial charge on any atom is 0.219 e. The Balaban J connectivity index is 2.02. The van der Waals surface area contributed by atoms with Crippen molar-refractivity contribution in [1.29, 1.82) is 0 Å². The fraction of sp³-hybridized carbons (Fsp3) is 0.353. The summed E-state index contributed by atoms with van der Waals surface area (Å²) in [6, 6.07) is 11.9. The summed E-state index contributed by atoms with van der Waals surface area (Å²) >= 11 is 0. The van der Waals surface area contributed by atoms with Gasteiger partial charge in [0.1, 0.15) is 12.4 Å². The van der Waals surface area contributed by atoms with Crippen molar-refractivity contribution in [2.45, 2.75) is 26.5 Å². The molecule has 0 aliphatic heterocycles. The lowest BCUT2D eigenvalue weighted by Gasteiger charge is -2.13. The van der Waals surface area contributed by atoms with Crippen LogP contribution in [0.5, 0.6) is 11.6 Å². The second-order valence-electron chi connectivity index (χ2n) is 4.74. The molecule has 4 heteroatoms. The number of hydrogen-bond donors (Lipinski definition) is 1. The van der Waals surface area contributed by atoms with E-state index in [1.807, 2.05) is 30.3 Å². The molecule has 112 valence electrons. The summed E-state index contributed by atoms with van der Waals surface area (Å²) in [5.41, 5.74) is 2.10. The number of nitrogens with zero attached hydrogens (tertiary/aromatic N) is 1. The van der Waals surface area contributed by atoms with Gasteiger partial charge in [-0.3, -0.25) is 0 Å². The van der Waals surface area contributed by atoms with E-state index in [1.165, 1.54) is 0 Å². The summed E-state index contributed by atoms with van der Waals surface area (Å²) in [7, 11) is 1.62.